The molecule has 1 N–H and O–H groups in total. The zero-order valence-corrected chi connectivity index (χ0v) is 14.4. The molecular formula is C13H11Br3N2. The van der Waals surface area contributed by atoms with Crippen LogP contribution >= 0.6 is 47.8 Å². The van der Waals surface area contributed by atoms with E-state index in [1.54, 1.807) is 6.20 Å². The number of aromatic nitrogens is 1. The van der Waals surface area contributed by atoms with Crippen molar-refractivity contribution in [2.75, 3.05) is 5.32 Å². The monoisotopic (exact) mass is 432 g/mol. The Hall–Kier alpha value is -0.390. The van der Waals surface area contributed by atoms with Gasteiger partial charge in [0.15, 0.2) is 0 Å². The van der Waals surface area contributed by atoms with Gasteiger partial charge in [0.25, 0.3) is 0 Å². The van der Waals surface area contributed by atoms with E-state index in [1.807, 2.05) is 18.2 Å². The minimum Gasteiger partial charge on any atom is -0.363 e. The molecule has 0 amide bonds. The number of hydrogen-bond acceptors (Lipinski definition) is 2. The molecule has 0 saturated carbocycles. The lowest BCUT2D eigenvalue weighted by molar-refractivity contribution is 0.872. The molecule has 0 aliphatic rings. The Bertz CT molecular complexity index is 540. The molecule has 2 nitrogen and oxygen atoms in total. The molecule has 2 rings (SSSR count). The van der Waals surface area contributed by atoms with Crippen molar-refractivity contribution in [3.05, 3.63) is 55.5 Å². The molecular weight excluding hydrogens is 424 g/mol. The van der Waals surface area contributed by atoms with Crippen LogP contribution in [0.2, 0.25) is 0 Å². The van der Waals surface area contributed by atoms with Crippen molar-refractivity contribution < 1.29 is 0 Å². The summed E-state index contributed by atoms with van der Waals surface area (Å²) in [5, 5.41) is 3.38. The van der Waals surface area contributed by atoms with E-state index in [1.165, 1.54) is 5.56 Å². The summed E-state index contributed by atoms with van der Waals surface area (Å²) in [6.07, 6.45) is 1.78. The van der Waals surface area contributed by atoms with Crippen molar-refractivity contribution in [2.24, 2.45) is 0 Å². The van der Waals surface area contributed by atoms with Gasteiger partial charge < -0.3 is 5.32 Å². The maximum atomic E-state index is 4.35. The normalized spacial score (nSPS) is 12.2. The largest absolute Gasteiger partial charge is 0.363 e. The van der Waals surface area contributed by atoms with Crippen LogP contribution in [-0.2, 0) is 0 Å². The second kappa shape index (κ2) is 6.17. The molecule has 2 aromatic rings. The van der Waals surface area contributed by atoms with Gasteiger partial charge in [-0.3, -0.25) is 0 Å². The molecule has 0 saturated heterocycles. The summed E-state index contributed by atoms with van der Waals surface area (Å²) in [4.78, 5) is 4.35. The standard InChI is InChI=1S/C13H11Br3N2/c1-8(9-2-4-10(14)5-3-9)18-13-12(16)6-11(15)7-17-13/h2-8H,1H3,(H,17,18). The van der Waals surface area contributed by atoms with Gasteiger partial charge in [-0.05, 0) is 62.5 Å². The van der Waals surface area contributed by atoms with Gasteiger partial charge in [-0.15, -0.1) is 0 Å². The van der Waals surface area contributed by atoms with Crippen molar-refractivity contribution in [1.82, 2.24) is 4.98 Å². The van der Waals surface area contributed by atoms with Gasteiger partial charge in [0.2, 0.25) is 0 Å². The first-order valence-electron chi connectivity index (χ1n) is 5.39. The topological polar surface area (TPSA) is 24.9 Å². The van der Waals surface area contributed by atoms with Crippen LogP contribution in [0.5, 0.6) is 0 Å². The fraction of sp³-hybridized carbons (Fsp3) is 0.154. The van der Waals surface area contributed by atoms with Gasteiger partial charge in [-0.2, -0.15) is 0 Å². The molecule has 0 radical (unpaired) electrons. The first-order valence-corrected chi connectivity index (χ1v) is 7.77. The van der Waals surface area contributed by atoms with E-state index in [-0.39, 0.29) is 6.04 Å². The lowest BCUT2D eigenvalue weighted by Crippen LogP contribution is -2.08. The molecule has 1 aromatic carbocycles. The van der Waals surface area contributed by atoms with Gasteiger partial charge in [0.05, 0.1) is 4.47 Å². The zero-order valence-electron chi connectivity index (χ0n) is 9.62. The predicted molar refractivity (Wildman–Crippen MR) is 85.8 cm³/mol. The molecule has 0 fully saturated rings. The average molecular weight is 435 g/mol. The van der Waals surface area contributed by atoms with E-state index in [9.17, 15) is 0 Å². The van der Waals surface area contributed by atoms with Crippen molar-refractivity contribution in [3.63, 3.8) is 0 Å². The quantitative estimate of drug-likeness (QED) is 0.685. The van der Waals surface area contributed by atoms with Gasteiger partial charge in [-0.25, -0.2) is 4.98 Å². The van der Waals surface area contributed by atoms with E-state index >= 15 is 0 Å². The van der Waals surface area contributed by atoms with Crippen LogP contribution in [0.3, 0.4) is 0 Å². The van der Waals surface area contributed by atoms with Gasteiger partial charge in [-0.1, -0.05) is 28.1 Å². The van der Waals surface area contributed by atoms with Crippen LogP contribution in [0.4, 0.5) is 5.82 Å². The molecule has 1 atom stereocenters. The summed E-state index contributed by atoms with van der Waals surface area (Å²) in [5.74, 6) is 0.841. The zero-order chi connectivity index (χ0) is 13.1. The van der Waals surface area contributed by atoms with Crippen molar-refractivity contribution in [2.45, 2.75) is 13.0 Å². The first-order chi connectivity index (χ1) is 8.56. The molecule has 1 aromatic heterocycles. The van der Waals surface area contributed by atoms with Gasteiger partial charge >= 0.3 is 0 Å². The summed E-state index contributed by atoms with van der Waals surface area (Å²) < 4.78 is 2.98. The predicted octanol–water partition coefficient (Wildman–Crippen LogP) is 5.54. The Labute approximate surface area is 132 Å². The van der Waals surface area contributed by atoms with E-state index in [4.69, 9.17) is 0 Å². The van der Waals surface area contributed by atoms with E-state index in [2.05, 4.69) is 77.1 Å². The van der Waals surface area contributed by atoms with Crippen LogP contribution < -0.4 is 5.32 Å². The lowest BCUT2D eigenvalue weighted by Gasteiger charge is -2.16. The number of nitrogens with zero attached hydrogens (tertiary/aromatic N) is 1. The average Bonchev–Trinajstić information content (AvgIpc) is 2.33. The molecule has 0 bridgehead atoms. The van der Waals surface area contributed by atoms with E-state index in [0.717, 1.165) is 19.2 Å². The Balaban J connectivity index is 2.15. The SMILES string of the molecule is CC(Nc1ncc(Br)cc1Br)c1ccc(Br)cc1. The summed E-state index contributed by atoms with van der Waals surface area (Å²) in [6, 6.07) is 10.4. The second-order valence-corrected chi connectivity index (χ2v) is 6.59. The molecule has 1 heterocycles. The third-order valence-electron chi connectivity index (χ3n) is 2.53. The molecule has 1 unspecified atom stereocenters. The van der Waals surface area contributed by atoms with Crippen LogP contribution in [0, 0.1) is 0 Å². The van der Waals surface area contributed by atoms with Crippen molar-refractivity contribution in [3.8, 4) is 0 Å². The Kier molecular flexibility index (Phi) is 4.81. The highest BCUT2D eigenvalue weighted by Crippen LogP contribution is 2.27. The minimum atomic E-state index is 0.197. The van der Waals surface area contributed by atoms with E-state index < -0.39 is 0 Å². The molecule has 0 spiro atoms. The maximum absolute atomic E-state index is 4.35. The highest BCUT2D eigenvalue weighted by atomic mass is 79.9. The number of rotatable bonds is 3. The Morgan fingerprint density at radius 3 is 2.33 bits per heavy atom. The first kappa shape index (κ1) is 14.0. The molecule has 5 heteroatoms. The minimum absolute atomic E-state index is 0.197. The summed E-state index contributed by atoms with van der Waals surface area (Å²) in [5.41, 5.74) is 1.22. The fourth-order valence-corrected chi connectivity index (χ4v) is 2.93. The van der Waals surface area contributed by atoms with Crippen molar-refractivity contribution >= 4 is 53.6 Å². The third kappa shape index (κ3) is 3.56. The fourth-order valence-electron chi connectivity index (χ4n) is 1.56. The van der Waals surface area contributed by atoms with Gasteiger partial charge in [0, 0.05) is 21.2 Å². The van der Waals surface area contributed by atoms with Crippen LogP contribution in [0.1, 0.15) is 18.5 Å². The van der Waals surface area contributed by atoms with Crippen LogP contribution in [0.25, 0.3) is 0 Å². The number of benzene rings is 1. The number of hydrogen-bond donors (Lipinski definition) is 1. The summed E-state index contributed by atoms with van der Waals surface area (Å²) in [6.45, 7) is 2.11. The number of pyridine rings is 1. The van der Waals surface area contributed by atoms with Crippen LogP contribution in [-0.4, -0.2) is 4.98 Å². The second-order valence-electron chi connectivity index (χ2n) is 3.90. The Morgan fingerprint density at radius 2 is 1.72 bits per heavy atom. The lowest BCUT2D eigenvalue weighted by atomic mass is 10.1. The van der Waals surface area contributed by atoms with E-state index in [0.29, 0.717) is 0 Å². The van der Waals surface area contributed by atoms with Gasteiger partial charge in [0.1, 0.15) is 5.82 Å². The third-order valence-corrected chi connectivity index (χ3v) is 4.10. The highest BCUT2D eigenvalue weighted by molar-refractivity contribution is 9.11. The summed E-state index contributed by atoms with van der Waals surface area (Å²) in [7, 11) is 0. The number of nitrogens with one attached hydrogen (secondary N) is 1. The Morgan fingerprint density at radius 1 is 1.06 bits per heavy atom. The molecule has 18 heavy (non-hydrogen) atoms. The number of anilines is 1. The summed E-state index contributed by atoms with van der Waals surface area (Å²) >= 11 is 10.3. The molecule has 0 aliphatic heterocycles. The molecule has 0 aliphatic carbocycles. The number of halogens is 3. The maximum Gasteiger partial charge on any atom is 0.140 e. The highest BCUT2D eigenvalue weighted by Gasteiger charge is 2.08. The van der Waals surface area contributed by atoms with Crippen molar-refractivity contribution in [1.29, 1.82) is 0 Å². The van der Waals surface area contributed by atoms with Crippen LogP contribution in [0.15, 0.2) is 49.9 Å². The molecule has 94 valence electrons. The smallest absolute Gasteiger partial charge is 0.140 e.